The first-order valence-corrected chi connectivity index (χ1v) is 11.2. The SMILES string of the molecule is COc1ccc(C(OCc2cccc(Br)c2)(c2ccccc2)c2ccc(OC)cc2)cc1. The second kappa shape index (κ2) is 10.0. The van der Waals surface area contributed by atoms with Crippen molar-refractivity contribution < 1.29 is 14.2 Å². The highest BCUT2D eigenvalue weighted by atomic mass is 79.9. The molecule has 0 atom stereocenters. The number of hydrogen-bond acceptors (Lipinski definition) is 3. The van der Waals surface area contributed by atoms with E-state index in [-0.39, 0.29) is 0 Å². The molecule has 0 aromatic heterocycles. The van der Waals surface area contributed by atoms with Crippen LogP contribution in [0.2, 0.25) is 0 Å². The summed E-state index contributed by atoms with van der Waals surface area (Å²) in [6.07, 6.45) is 0. The van der Waals surface area contributed by atoms with Crippen molar-refractivity contribution >= 4 is 15.9 Å². The first-order valence-electron chi connectivity index (χ1n) is 10.4. The molecule has 4 aromatic carbocycles. The fourth-order valence-corrected chi connectivity index (χ4v) is 4.34. The highest BCUT2D eigenvalue weighted by Gasteiger charge is 2.37. The lowest BCUT2D eigenvalue weighted by atomic mass is 9.80. The largest absolute Gasteiger partial charge is 0.497 e. The second-order valence-electron chi connectivity index (χ2n) is 7.42. The van der Waals surface area contributed by atoms with Crippen LogP contribution in [0.3, 0.4) is 0 Å². The van der Waals surface area contributed by atoms with Crippen molar-refractivity contribution in [3.05, 3.63) is 130 Å². The van der Waals surface area contributed by atoms with Crippen molar-refractivity contribution in [1.82, 2.24) is 0 Å². The summed E-state index contributed by atoms with van der Waals surface area (Å²) in [4.78, 5) is 0. The fourth-order valence-electron chi connectivity index (χ4n) is 3.89. The second-order valence-corrected chi connectivity index (χ2v) is 8.34. The first kappa shape index (κ1) is 22.1. The standard InChI is InChI=1S/C28H25BrO3/c1-30-26-15-11-23(12-16-26)28(22-8-4-3-5-9-22,24-13-17-27(31-2)18-14-24)32-20-21-7-6-10-25(29)19-21/h3-19H,20H2,1-2H3. The molecule has 0 bridgehead atoms. The molecule has 162 valence electrons. The van der Waals surface area contributed by atoms with E-state index in [0.29, 0.717) is 6.61 Å². The quantitative estimate of drug-likeness (QED) is 0.250. The van der Waals surface area contributed by atoms with Crippen molar-refractivity contribution in [1.29, 1.82) is 0 Å². The van der Waals surface area contributed by atoms with Crippen LogP contribution in [0.4, 0.5) is 0 Å². The van der Waals surface area contributed by atoms with Crippen LogP contribution in [0.15, 0.2) is 108 Å². The number of methoxy groups -OCH3 is 2. The molecule has 4 heteroatoms. The van der Waals surface area contributed by atoms with Gasteiger partial charge in [0.25, 0.3) is 0 Å². The van der Waals surface area contributed by atoms with Crippen LogP contribution >= 0.6 is 15.9 Å². The maximum absolute atomic E-state index is 6.87. The Kier molecular flexibility index (Phi) is 6.93. The molecule has 0 N–H and O–H groups in total. The highest BCUT2D eigenvalue weighted by Crippen LogP contribution is 2.42. The molecular formula is C28H25BrO3. The molecule has 0 aliphatic heterocycles. The lowest BCUT2D eigenvalue weighted by Gasteiger charge is -2.36. The van der Waals surface area contributed by atoms with Gasteiger partial charge in [0.2, 0.25) is 0 Å². The number of rotatable bonds is 8. The zero-order valence-corrected chi connectivity index (χ0v) is 19.7. The molecule has 3 nitrogen and oxygen atoms in total. The molecule has 0 saturated carbocycles. The van der Waals surface area contributed by atoms with Gasteiger partial charge < -0.3 is 14.2 Å². The van der Waals surface area contributed by atoms with Crippen molar-refractivity contribution in [2.24, 2.45) is 0 Å². The Bertz CT molecular complexity index is 1090. The van der Waals surface area contributed by atoms with Crippen LogP contribution in [0.5, 0.6) is 11.5 Å². The van der Waals surface area contributed by atoms with E-state index in [2.05, 4.69) is 64.5 Å². The molecule has 0 radical (unpaired) electrons. The minimum absolute atomic E-state index is 0.437. The van der Waals surface area contributed by atoms with E-state index in [0.717, 1.165) is 38.2 Å². The van der Waals surface area contributed by atoms with Gasteiger partial charge in [-0.1, -0.05) is 82.7 Å². The van der Waals surface area contributed by atoms with Crippen LogP contribution in [-0.2, 0) is 16.9 Å². The monoisotopic (exact) mass is 488 g/mol. The summed E-state index contributed by atoms with van der Waals surface area (Å²) in [6, 6.07) is 34.7. The van der Waals surface area contributed by atoms with Gasteiger partial charge in [-0.15, -0.1) is 0 Å². The Balaban J connectivity index is 1.89. The van der Waals surface area contributed by atoms with Crippen LogP contribution in [0, 0.1) is 0 Å². The van der Waals surface area contributed by atoms with Crippen molar-refractivity contribution in [2.45, 2.75) is 12.2 Å². The fraction of sp³-hybridized carbons (Fsp3) is 0.143. The summed E-state index contributed by atoms with van der Waals surface area (Å²) >= 11 is 3.57. The summed E-state index contributed by atoms with van der Waals surface area (Å²) in [6.45, 7) is 0.437. The van der Waals surface area contributed by atoms with Gasteiger partial charge in [-0.25, -0.2) is 0 Å². The van der Waals surface area contributed by atoms with Crippen LogP contribution in [0.25, 0.3) is 0 Å². The Morgan fingerprint density at radius 2 is 1.16 bits per heavy atom. The molecule has 0 unspecified atom stereocenters. The van der Waals surface area contributed by atoms with Gasteiger partial charge in [-0.2, -0.15) is 0 Å². The van der Waals surface area contributed by atoms with Gasteiger partial charge in [-0.05, 0) is 58.7 Å². The third-order valence-corrected chi connectivity index (χ3v) is 6.01. The topological polar surface area (TPSA) is 27.7 Å². The summed E-state index contributed by atoms with van der Waals surface area (Å²) in [7, 11) is 3.35. The Hall–Kier alpha value is -3.08. The minimum Gasteiger partial charge on any atom is -0.497 e. The maximum Gasteiger partial charge on any atom is 0.144 e. The molecule has 0 spiro atoms. The maximum atomic E-state index is 6.87. The van der Waals surface area contributed by atoms with E-state index in [1.165, 1.54) is 0 Å². The molecular weight excluding hydrogens is 464 g/mol. The number of hydrogen-bond donors (Lipinski definition) is 0. The van der Waals surface area contributed by atoms with Gasteiger partial charge in [0.05, 0.1) is 20.8 Å². The first-order chi connectivity index (χ1) is 15.7. The molecule has 0 aliphatic rings. The predicted octanol–water partition coefficient (Wildman–Crippen LogP) is 6.98. The molecule has 0 fully saturated rings. The van der Waals surface area contributed by atoms with Gasteiger partial charge in [0, 0.05) is 4.47 Å². The average molecular weight is 489 g/mol. The number of halogens is 1. The highest BCUT2D eigenvalue weighted by molar-refractivity contribution is 9.10. The zero-order valence-electron chi connectivity index (χ0n) is 18.1. The molecule has 0 heterocycles. The normalized spacial score (nSPS) is 11.2. The smallest absolute Gasteiger partial charge is 0.144 e. The molecule has 0 amide bonds. The molecule has 4 aromatic rings. The van der Waals surface area contributed by atoms with Crippen LogP contribution in [0.1, 0.15) is 22.3 Å². The summed E-state index contributed by atoms with van der Waals surface area (Å²) in [5, 5.41) is 0. The average Bonchev–Trinajstić information content (AvgIpc) is 2.86. The van der Waals surface area contributed by atoms with Gasteiger partial charge >= 0.3 is 0 Å². The van der Waals surface area contributed by atoms with Gasteiger partial charge in [0.15, 0.2) is 0 Å². The van der Waals surface area contributed by atoms with E-state index in [1.54, 1.807) is 14.2 Å². The van der Waals surface area contributed by atoms with Crippen molar-refractivity contribution in [3.8, 4) is 11.5 Å². The lowest BCUT2D eigenvalue weighted by Crippen LogP contribution is -2.32. The Morgan fingerprint density at radius 1 is 0.625 bits per heavy atom. The molecule has 32 heavy (non-hydrogen) atoms. The lowest BCUT2D eigenvalue weighted by molar-refractivity contribution is 0.000173. The number of benzene rings is 4. The van der Waals surface area contributed by atoms with E-state index in [9.17, 15) is 0 Å². The third kappa shape index (κ3) is 4.57. The molecule has 0 saturated heterocycles. The molecule has 4 rings (SSSR count). The van der Waals surface area contributed by atoms with Crippen LogP contribution in [-0.4, -0.2) is 14.2 Å². The minimum atomic E-state index is -0.817. The van der Waals surface area contributed by atoms with Crippen molar-refractivity contribution in [2.75, 3.05) is 14.2 Å². The zero-order chi connectivity index (χ0) is 22.4. The summed E-state index contributed by atoms with van der Waals surface area (Å²) in [5.74, 6) is 1.61. The third-order valence-electron chi connectivity index (χ3n) is 5.52. The van der Waals surface area contributed by atoms with Crippen LogP contribution < -0.4 is 9.47 Å². The Morgan fingerprint density at radius 3 is 1.66 bits per heavy atom. The van der Waals surface area contributed by atoms with Crippen molar-refractivity contribution in [3.63, 3.8) is 0 Å². The number of ether oxygens (including phenoxy) is 3. The predicted molar refractivity (Wildman–Crippen MR) is 131 cm³/mol. The summed E-state index contributed by atoms with van der Waals surface area (Å²) in [5.41, 5.74) is 3.35. The van der Waals surface area contributed by atoms with Gasteiger partial charge in [-0.3, -0.25) is 0 Å². The van der Waals surface area contributed by atoms with E-state index >= 15 is 0 Å². The van der Waals surface area contributed by atoms with E-state index < -0.39 is 5.60 Å². The summed E-state index contributed by atoms with van der Waals surface area (Å²) < 4.78 is 18.7. The van der Waals surface area contributed by atoms with E-state index in [4.69, 9.17) is 14.2 Å². The van der Waals surface area contributed by atoms with Gasteiger partial charge in [0.1, 0.15) is 17.1 Å². The Labute approximate surface area is 197 Å². The molecule has 0 aliphatic carbocycles. The van der Waals surface area contributed by atoms with E-state index in [1.807, 2.05) is 54.6 Å².